The summed E-state index contributed by atoms with van der Waals surface area (Å²) in [4.78, 5) is 25.3. The lowest BCUT2D eigenvalue weighted by Crippen LogP contribution is -2.65. The third-order valence-corrected chi connectivity index (χ3v) is 7.84. The number of phenolic OH excluding ortho intramolecular Hbond substituents is 1. The highest BCUT2D eigenvalue weighted by Gasteiger charge is 2.52. The summed E-state index contributed by atoms with van der Waals surface area (Å²) in [6.45, 7) is 6.64. The molecule has 1 fully saturated rings. The first-order valence-corrected chi connectivity index (χ1v) is 13.3. The second-order valence-corrected chi connectivity index (χ2v) is 10.9. The first kappa shape index (κ1) is 29.3. The molecule has 1 saturated heterocycles. The minimum atomic E-state index is -1.47. The van der Waals surface area contributed by atoms with Gasteiger partial charge in [0.1, 0.15) is 35.0 Å². The fourth-order valence-electron chi connectivity index (χ4n) is 6.07. The van der Waals surface area contributed by atoms with E-state index in [1.165, 1.54) is 47.4 Å². The quantitative estimate of drug-likeness (QED) is 0.112. The monoisotopic (exact) mass is 579 g/mol. The molecular weight excluding hydrogens is 546 g/mol. The summed E-state index contributed by atoms with van der Waals surface area (Å²) in [6, 6.07) is 6.83. The van der Waals surface area contributed by atoms with E-state index in [2.05, 4.69) is 6.58 Å². The number of aromatic hydroxyl groups is 1. The summed E-state index contributed by atoms with van der Waals surface area (Å²) >= 11 is 0. The molecule has 0 saturated carbocycles. The van der Waals surface area contributed by atoms with Gasteiger partial charge in [-0.15, -0.1) is 0 Å². The number of carbonyl (C=O) groups excluding carboxylic acids is 1. The first-order chi connectivity index (χ1) is 19.8. The van der Waals surface area contributed by atoms with Crippen LogP contribution in [0, 0.1) is 5.21 Å². The highest BCUT2D eigenvalue weighted by Crippen LogP contribution is 2.47. The van der Waals surface area contributed by atoms with Gasteiger partial charge in [-0.25, -0.2) is 4.79 Å². The molecule has 0 bridgehead atoms. The largest absolute Gasteiger partial charge is 0.633 e. The van der Waals surface area contributed by atoms with Crippen molar-refractivity contribution in [2.75, 3.05) is 28.3 Å². The molecule has 1 aliphatic heterocycles. The van der Waals surface area contributed by atoms with Gasteiger partial charge in [0.25, 0.3) is 0 Å². The number of ether oxygens (including phenoxy) is 4. The Kier molecular flexibility index (Phi) is 7.40. The average molecular weight is 580 g/mol. The number of benzene rings is 3. The molecular formula is C31H33NO10. The molecule has 11 nitrogen and oxygen atoms in total. The van der Waals surface area contributed by atoms with E-state index in [0.717, 1.165) is 0 Å². The Bertz CT molecular complexity index is 1790. The SMILES string of the molecule is C=Cc1cc(OC)c2c(c1)c(=O)oc1c2cc(OC)c2c(O)ccc(C3OC(C)C(OC(C)=O)C([N+](C)(C)[O-])C3O)c21. The van der Waals surface area contributed by atoms with Crippen LogP contribution in [-0.2, 0) is 14.3 Å². The smallest absolute Gasteiger partial charge is 0.344 e. The van der Waals surface area contributed by atoms with Crippen LogP contribution < -0.4 is 15.1 Å². The zero-order chi connectivity index (χ0) is 30.7. The predicted molar refractivity (Wildman–Crippen MR) is 156 cm³/mol. The van der Waals surface area contributed by atoms with Crippen LogP contribution in [0.25, 0.3) is 38.6 Å². The molecule has 3 aromatic carbocycles. The lowest BCUT2D eigenvalue weighted by atomic mass is 9.85. The molecule has 5 unspecified atom stereocenters. The number of carbonyl (C=O) groups is 1. The van der Waals surface area contributed by atoms with E-state index in [1.54, 1.807) is 31.2 Å². The van der Waals surface area contributed by atoms with Crippen LogP contribution in [0.1, 0.15) is 31.1 Å². The molecule has 222 valence electrons. The number of aliphatic hydroxyl groups excluding tert-OH is 1. The van der Waals surface area contributed by atoms with Crippen molar-refractivity contribution in [2.45, 2.75) is 44.3 Å². The molecule has 4 aromatic rings. The molecule has 5 atom stereocenters. The fourth-order valence-corrected chi connectivity index (χ4v) is 6.07. The molecule has 42 heavy (non-hydrogen) atoms. The Labute approximate surface area is 241 Å². The second-order valence-electron chi connectivity index (χ2n) is 10.9. The van der Waals surface area contributed by atoms with Gasteiger partial charge >= 0.3 is 11.6 Å². The number of likely N-dealkylation sites (N-methyl/N-ethyl adjacent to an activating group) is 1. The van der Waals surface area contributed by atoms with E-state index in [-0.39, 0.29) is 33.2 Å². The molecule has 2 heterocycles. The van der Waals surface area contributed by atoms with Crippen molar-refractivity contribution in [3.63, 3.8) is 0 Å². The van der Waals surface area contributed by atoms with E-state index in [4.69, 9.17) is 23.4 Å². The normalized spacial score (nSPS) is 22.8. The minimum absolute atomic E-state index is 0.0943. The van der Waals surface area contributed by atoms with Gasteiger partial charge in [0.15, 0.2) is 12.1 Å². The van der Waals surface area contributed by atoms with Gasteiger partial charge in [0, 0.05) is 23.1 Å². The molecule has 0 amide bonds. The maximum absolute atomic E-state index is 13.4. The zero-order valence-corrected chi connectivity index (χ0v) is 24.2. The number of nitrogens with zero attached hydrogens (tertiary/aromatic N) is 1. The topological polar surface area (TPSA) is 148 Å². The van der Waals surface area contributed by atoms with Crippen LogP contribution in [0.4, 0.5) is 0 Å². The highest BCUT2D eigenvalue weighted by atomic mass is 16.6. The Morgan fingerprint density at radius 2 is 1.74 bits per heavy atom. The lowest BCUT2D eigenvalue weighted by Gasteiger charge is -2.52. The van der Waals surface area contributed by atoms with E-state index >= 15 is 0 Å². The van der Waals surface area contributed by atoms with Crippen molar-refractivity contribution in [1.82, 2.24) is 0 Å². The van der Waals surface area contributed by atoms with Gasteiger partial charge in [0.05, 0.1) is 45.2 Å². The summed E-state index contributed by atoms with van der Waals surface area (Å²) in [5, 5.41) is 37.6. The number of quaternary nitrogens is 1. The summed E-state index contributed by atoms with van der Waals surface area (Å²) in [7, 11) is 5.61. The predicted octanol–water partition coefficient (Wildman–Crippen LogP) is 4.16. The van der Waals surface area contributed by atoms with E-state index < -0.39 is 46.7 Å². The van der Waals surface area contributed by atoms with Gasteiger partial charge in [-0.2, -0.15) is 0 Å². The van der Waals surface area contributed by atoms with Crippen LogP contribution in [-0.4, -0.2) is 73.5 Å². The van der Waals surface area contributed by atoms with Crippen LogP contribution in [0.2, 0.25) is 0 Å². The van der Waals surface area contributed by atoms with Crippen molar-refractivity contribution in [3.05, 3.63) is 63.7 Å². The average Bonchev–Trinajstić information content (AvgIpc) is 2.93. The van der Waals surface area contributed by atoms with Gasteiger partial charge in [-0.3, -0.25) is 4.79 Å². The molecule has 0 aliphatic carbocycles. The maximum atomic E-state index is 13.4. The summed E-state index contributed by atoms with van der Waals surface area (Å²) in [6.07, 6.45) is -2.87. The standard InChI is InChI=1S/C31H33NO10/c1-8-16-11-19-23(21(12-16)38-6)18-13-22(39-7)25-20(34)10-9-17(24(25)29(18)42-31(19)36)30-27(35)26(32(4,5)37)28(14(2)40-30)41-15(3)33/h8-14,26-28,30,34-35H,1H2,2-7H3. The summed E-state index contributed by atoms with van der Waals surface area (Å²) in [5.74, 6) is -0.139. The number of aliphatic hydroxyl groups is 1. The molecule has 5 rings (SSSR count). The van der Waals surface area contributed by atoms with Crippen LogP contribution >= 0.6 is 0 Å². The van der Waals surface area contributed by atoms with Gasteiger partial charge in [-0.1, -0.05) is 18.7 Å². The number of rotatable bonds is 6. The van der Waals surface area contributed by atoms with Gasteiger partial charge < -0.3 is 43.4 Å². The van der Waals surface area contributed by atoms with Gasteiger partial charge in [-0.05, 0) is 42.3 Å². The number of fused-ring (bicyclic) bond motifs is 5. The number of hydrogen-bond donors (Lipinski definition) is 2. The second kappa shape index (κ2) is 10.6. The van der Waals surface area contributed by atoms with Crippen molar-refractivity contribution in [3.8, 4) is 17.2 Å². The number of hydroxylamine groups is 3. The molecule has 1 aromatic heterocycles. The summed E-state index contributed by atoms with van der Waals surface area (Å²) < 4.78 is 28.0. The Balaban J connectivity index is 1.89. The van der Waals surface area contributed by atoms with Crippen LogP contribution in [0.3, 0.4) is 0 Å². The lowest BCUT2D eigenvalue weighted by molar-refractivity contribution is -0.878. The Hall–Kier alpha value is -4.16. The third-order valence-electron chi connectivity index (χ3n) is 7.84. The van der Waals surface area contributed by atoms with Gasteiger partial charge in [0.2, 0.25) is 0 Å². The number of phenols is 1. The number of methoxy groups -OCH3 is 2. The zero-order valence-electron chi connectivity index (χ0n) is 24.2. The Morgan fingerprint density at radius 1 is 1.07 bits per heavy atom. The fraction of sp³-hybridized carbons (Fsp3) is 0.355. The third kappa shape index (κ3) is 4.64. The van der Waals surface area contributed by atoms with Crippen molar-refractivity contribution in [2.24, 2.45) is 0 Å². The number of esters is 1. The molecule has 0 spiro atoms. The maximum Gasteiger partial charge on any atom is 0.344 e. The number of hydrogen-bond acceptors (Lipinski definition) is 10. The molecule has 1 aliphatic rings. The first-order valence-electron chi connectivity index (χ1n) is 13.3. The summed E-state index contributed by atoms with van der Waals surface area (Å²) in [5.41, 5.74) is 0.409. The Morgan fingerprint density at radius 3 is 2.33 bits per heavy atom. The van der Waals surface area contributed by atoms with Crippen molar-refractivity contribution >= 4 is 44.6 Å². The van der Waals surface area contributed by atoms with Crippen LogP contribution in [0.15, 0.2) is 46.1 Å². The van der Waals surface area contributed by atoms with E-state index in [9.17, 15) is 25.0 Å². The molecule has 0 radical (unpaired) electrons. The molecule has 2 N–H and O–H groups in total. The highest BCUT2D eigenvalue weighted by molar-refractivity contribution is 6.19. The van der Waals surface area contributed by atoms with Crippen molar-refractivity contribution < 1.29 is 43.0 Å². The van der Waals surface area contributed by atoms with E-state index in [0.29, 0.717) is 27.6 Å². The minimum Gasteiger partial charge on any atom is -0.633 e. The van der Waals surface area contributed by atoms with Crippen LogP contribution in [0.5, 0.6) is 17.2 Å². The van der Waals surface area contributed by atoms with E-state index in [1.807, 2.05) is 0 Å². The molecule has 11 heteroatoms. The van der Waals surface area contributed by atoms with Crippen molar-refractivity contribution in [1.29, 1.82) is 0 Å².